The fourth-order valence-corrected chi connectivity index (χ4v) is 2.01. The zero-order valence-electron chi connectivity index (χ0n) is 11.1. The number of hydrogen-bond acceptors (Lipinski definition) is 1. The van der Waals surface area contributed by atoms with Crippen LogP contribution in [0.4, 0.5) is 0 Å². The topological polar surface area (TPSA) is 17.1 Å². The maximum absolute atomic E-state index is 11.1. The summed E-state index contributed by atoms with van der Waals surface area (Å²) >= 11 is 0. The number of rotatable bonds is 6. The van der Waals surface area contributed by atoms with E-state index in [1.54, 1.807) is 0 Å². The standard InChI is InChI=1S/C16H22O/c1-4-6-16(12-17)15(5-2)11-14-9-7-13(3)8-10-14/h7-10,12H,4-6,11H2,1-3H3/b16-15-. The van der Waals surface area contributed by atoms with E-state index in [0.717, 1.165) is 37.5 Å². The van der Waals surface area contributed by atoms with Crippen LogP contribution in [0.5, 0.6) is 0 Å². The van der Waals surface area contributed by atoms with Gasteiger partial charge in [-0.2, -0.15) is 0 Å². The molecular formula is C16H22O. The predicted octanol–water partition coefficient (Wildman–Crippen LogP) is 4.24. The SMILES string of the molecule is CCC/C(C=O)=C(\CC)Cc1ccc(C)cc1. The van der Waals surface area contributed by atoms with E-state index in [2.05, 4.69) is 45.0 Å². The van der Waals surface area contributed by atoms with E-state index in [-0.39, 0.29) is 0 Å². The summed E-state index contributed by atoms with van der Waals surface area (Å²) < 4.78 is 0. The Kier molecular flexibility index (Phi) is 5.68. The molecule has 1 aromatic carbocycles. The zero-order chi connectivity index (χ0) is 12.7. The van der Waals surface area contributed by atoms with Crippen molar-refractivity contribution in [2.45, 2.75) is 46.5 Å². The van der Waals surface area contributed by atoms with Crippen molar-refractivity contribution >= 4 is 6.29 Å². The summed E-state index contributed by atoms with van der Waals surface area (Å²) in [5.41, 5.74) is 4.85. The molecule has 0 bridgehead atoms. The first-order valence-electron chi connectivity index (χ1n) is 6.42. The summed E-state index contributed by atoms with van der Waals surface area (Å²) in [7, 11) is 0. The lowest BCUT2D eigenvalue weighted by Crippen LogP contribution is -1.97. The van der Waals surface area contributed by atoms with Gasteiger partial charge in [0.1, 0.15) is 6.29 Å². The van der Waals surface area contributed by atoms with Crippen LogP contribution in [0, 0.1) is 6.92 Å². The highest BCUT2D eigenvalue weighted by Crippen LogP contribution is 2.18. The Morgan fingerprint density at radius 2 is 1.82 bits per heavy atom. The number of carbonyl (C=O) groups is 1. The van der Waals surface area contributed by atoms with Gasteiger partial charge in [-0.1, -0.05) is 55.7 Å². The fourth-order valence-electron chi connectivity index (χ4n) is 2.01. The molecule has 0 amide bonds. The monoisotopic (exact) mass is 230 g/mol. The van der Waals surface area contributed by atoms with E-state index in [4.69, 9.17) is 0 Å². The van der Waals surface area contributed by atoms with Gasteiger partial charge in [0.05, 0.1) is 0 Å². The van der Waals surface area contributed by atoms with Gasteiger partial charge < -0.3 is 0 Å². The molecular weight excluding hydrogens is 208 g/mol. The smallest absolute Gasteiger partial charge is 0.145 e. The van der Waals surface area contributed by atoms with E-state index in [0.29, 0.717) is 0 Å². The Balaban J connectivity index is 2.88. The normalized spacial score (nSPS) is 12.2. The maximum Gasteiger partial charge on any atom is 0.145 e. The number of carbonyl (C=O) groups excluding carboxylic acids is 1. The Labute approximate surface area is 105 Å². The third kappa shape index (κ3) is 4.18. The van der Waals surface area contributed by atoms with Crippen molar-refractivity contribution in [2.24, 2.45) is 0 Å². The molecule has 0 unspecified atom stereocenters. The second kappa shape index (κ2) is 7.05. The van der Waals surface area contributed by atoms with Crippen molar-refractivity contribution in [3.05, 3.63) is 46.5 Å². The van der Waals surface area contributed by atoms with Crippen LogP contribution in [-0.2, 0) is 11.2 Å². The maximum atomic E-state index is 11.1. The molecule has 0 aliphatic rings. The predicted molar refractivity (Wildman–Crippen MR) is 73.2 cm³/mol. The Morgan fingerprint density at radius 1 is 1.18 bits per heavy atom. The molecule has 92 valence electrons. The van der Waals surface area contributed by atoms with Gasteiger partial charge in [-0.25, -0.2) is 0 Å². The first-order valence-corrected chi connectivity index (χ1v) is 6.42. The van der Waals surface area contributed by atoms with Gasteiger partial charge in [0.2, 0.25) is 0 Å². The summed E-state index contributed by atoms with van der Waals surface area (Å²) in [6, 6.07) is 8.56. The van der Waals surface area contributed by atoms with Crippen molar-refractivity contribution in [1.82, 2.24) is 0 Å². The second-order valence-electron chi connectivity index (χ2n) is 4.51. The fraction of sp³-hybridized carbons (Fsp3) is 0.438. The lowest BCUT2D eigenvalue weighted by Gasteiger charge is -2.09. The minimum absolute atomic E-state index is 0.901. The lowest BCUT2D eigenvalue weighted by atomic mass is 9.95. The van der Waals surface area contributed by atoms with Gasteiger partial charge >= 0.3 is 0 Å². The van der Waals surface area contributed by atoms with Crippen molar-refractivity contribution in [3.63, 3.8) is 0 Å². The quantitative estimate of drug-likeness (QED) is 0.527. The molecule has 0 spiro atoms. The molecule has 0 aromatic heterocycles. The van der Waals surface area contributed by atoms with Gasteiger partial charge in [-0.3, -0.25) is 4.79 Å². The van der Waals surface area contributed by atoms with Gasteiger partial charge in [0, 0.05) is 0 Å². The van der Waals surface area contributed by atoms with Crippen molar-refractivity contribution < 1.29 is 4.79 Å². The van der Waals surface area contributed by atoms with Gasteiger partial charge in [-0.05, 0) is 37.3 Å². The first kappa shape index (κ1) is 13.7. The van der Waals surface area contributed by atoms with Crippen molar-refractivity contribution in [3.8, 4) is 0 Å². The van der Waals surface area contributed by atoms with Crippen LogP contribution in [-0.4, -0.2) is 6.29 Å². The molecule has 17 heavy (non-hydrogen) atoms. The van der Waals surface area contributed by atoms with Crippen molar-refractivity contribution in [1.29, 1.82) is 0 Å². The zero-order valence-corrected chi connectivity index (χ0v) is 11.1. The van der Waals surface area contributed by atoms with Gasteiger partial charge in [-0.15, -0.1) is 0 Å². The average molecular weight is 230 g/mol. The molecule has 1 aromatic rings. The number of benzene rings is 1. The summed E-state index contributed by atoms with van der Waals surface area (Å²) in [4.78, 5) is 11.1. The molecule has 0 atom stereocenters. The van der Waals surface area contributed by atoms with Gasteiger partial charge in [0.15, 0.2) is 0 Å². The molecule has 0 heterocycles. The highest BCUT2D eigenvalue weighted by molar-refractivity contribution is 5.74. The minimum Gasteiger partial charge on any atom is -0.298 e. The molecule has 0 saturated carbocycles. The van der Waals surface area contributed by atoms with E-state index < -0.39 is 0 Å². The molecule has 0 aliphatic carbocycles. The summed E-state index contributed by atoms with van der Waals surface area (Å²) in [6.07, 6.45) is 4.84. The Bertz CT molecular complexity index is 384. The molecule has 1 rings (SSSR count). The first-order chi connectivity index (χ1) is 8.21. The highest BCUT2D eigenvalue weighted by Gasteiger charge is 2.05. The van der Waals surface area contributed by atoms with E-state index in [1.165, 1.54) is 16.7 Å². The van der Waals surface area contributed by atoms with Crippen LogP contribution in [0.3, 0.4) is 0 Å². The molecule has 0 aliphatic heterocycles. The van der Waals surface area contributed by atoms with E-state index in [1.807, 2.05) is 0 Å². The Morgan fingerprint density at radius 3 is 2.29 bits per heavy atom. The van der Waals surface area contributed by atoms with E-state index in [9.17, 15) is 4.79 Å². The Hall–Kier alpha value is -1.37. The molecule has 0 N–H and O–H groups in total. The molecule has 0 radical (unpaired) electrons. The molecule has 0 fully saturated rings. The third-order valence-corrected chi connectivity index (χ3v) is 3.08. The van der Waals surface area contributed by atoms with E-state index >= 15 is 0 Å². The largest absolute Gasteiger partial charge is 0.298 e. The molecule has 1 heteroatoms. The number of allylic oxidation sites excluding steroid dienone is 2. The van der Waals surface area contributed by atoms with Crippen LogP contribution in [0.15, 0.2) is 35.4 Å². The van der Waals surface area contributed by atoms with Crippen LogP contribution >= 0.6 is 0 Å². The molecule has 0 saturated heterocycles. The van der Waals surface area contributed by atoms with Crippen LogP contribution < -0.4 is 0 Å². The average Bonchev–Trinajstić information content (AvgIpc) is 2.36. The van der Waals surface area contributed by atoms with Crippen molar-refractivity contribution in [2.75, 3.05) is 0 Å². The van der Waals surface area contributed by atoms with Gasteiger partial charge in [0.25, 0.3) is 0 Å². The minimum atomic E-state index is 0.901. The van der Waals surface area contributed by atoms with Crippen LogP contribution in [0.1, 0.15) is 44.2 Å². The summed E-state index contributed by atoms with van der Waals surface area (Å²) in [6.45, 7) is 6.33. The number of hydrogen-bond donors (Lipinski definition) is 0. The third-order valence-electron chi connectivity index (χ3n) is 3.08. The summed E-state index contributed by atoms with van der Waals surface area (Å²) in [5, 5.41) is 0. The van der Waals surface area contributed by atoms with Crippen LogP contribution in [0.25, 0.3) is 0 Å². The second-order valence-corrected chi connectivity index (χ2v) is 4.51. The highest BCUT2D eigenvalue weighted by atomic mass is 16.1. The van der Waals surface area contributed by atoms with Crippen LogP contribution in [0.2, 0.25) is 0 Å². The number of aryl methyl sites for hydroxylation is 1. The molecule has 1 nitrogen and oxygen atoms in total. The summed E-state index contributed by atoms with van der Waals surface area (Å²) in [5.74, 6) is 0. The number of aldehydes is 1. The lowest BCUT2D eigenvalue weighted by molar-refractivity contribution is -0.105.